The Morgan fingerprint density at radius 3 is 2.95 bits per heavy atom. The van der Waals surface area contributed by atoms with Gasteiger partial charge in [0, 0.05) is 29.7 Å². The predicted octanol–water partition coefficient (Wildman–Crippen LogP) is 2.85. The Hall–Kier alpha value is -1.06. The van der Waals surface area contributed by atoms with Crippen LogP contribution >= 0.6 is 11.6 Å². The van der Waals surface area contributed by atoms with E-state index < -0.39 is 0 Å². The van der Waals surface area contributed by atoms with Crippen molar-refractivity contribution in [3.8, 4) is 0 Å². The van der Waals surface area contributed by atoms with Gasteiger partial charge in [0.05, 0.1) is 0 Å². The fourth-order valence-corrected chi connectivity index (χ4v) is 3.01. The highest BCUT2D eigenvalue weighted by molar-refractivity contribution is 6.31. The second kappa shape index (κ2) is 5.93. The van der Waals surface area contributed by atoms with Crippen LogP contribution in [0.15, 0.2) is 18.2 Å². The molecule has 1 aliphatic rings. The van der Waals surface area contributed by atoms with Crippen molar-refractivity contribution >= 4 is 17.5 Å². The molecular weight excluding hydrogens is 260 g/mol. The fraction of sp³-hybridized carbons (Fsp3) is 0.533. The van der Waals surface area contributed by atoms with E-state index in [9.17, 15) is 4.79 Å². The van der Waals surface area contributed by atoms with Crippen LogP contribution in [0.1, 0.15) is 35.7 Å². The predicted molar refractivity (Wildman–Crippen MR) is 78.5 cm³/mol. The van der Waals surface area contributed by atoms with E-state index in [2.05, 4.69) is 6.92 Å². The zero-order valence-electron chi connectivity index (χ0n) is 11.5. The zero-order valence-corrected chi connectivity index (χ0v) is 12.3. The molecule has 19 heavy (non-hydrogen) atoms. The molecular formula is C15H21ClN2O. The maximum absolute atomic E-state index is 12.7. The van der Waals surface area contributed by atoms with Gasteiger partial charge in [-0.2, -0.15) is 0 Å². The summed E-state index contributed by atoms with van der Waals surface area (Å²) in [6.07, 6.45) is 2.18. The van der Waals surface area contributed by atoms with Crippen molar-refractivity contribution < 1.29 is 4.79 Å². The zero-order chi connectivity index (χ0) is 14.0. The number of hydrogen-bond donors (Lipinski definition) is 1. The van der Waals surface area contributed by atoms with E-state index in [0.717, 1.165) is 24.9 Å². The summed E-state index contributed by atoms with van der Waals surface area (Å²) in [4.78, 5) is 14.6. The van der Waals surface area contributed by atoms with Gasteiger partial charge in [-0.05, 0) is 43.4 Å². The Morgan fingerprint density at radius 2 is 2.26 bits per heavy atom. The van der Waals surface area contributed by atoms with Crippen molar-refractivity contribution in [1.82, 2.24) is 4.90 Å². The number of likely N-dealkylation sites (tertiary alicyclic amines) is 1. The second-order valence-corrected chi connectivity index (χ2v) is 5.82. The van der Waals surface area contributed by atoms with Crippen LogP contribution < -0.4 is 5.73 Å². The first-order valence-corrected chi connectivity index (χ1v) is 7.19. The van der Waals surface area contributed by atoms with Crippen molar-refractivity contribution in [2.75, 3.05) is 13.1 Å². The van der Waals surface area contributed by atoms with Gasteiger partial charge < -0.3 is 10.6 Å². The van der Waals surface area contributed by atoms with Crippen LogP contribution in [0.2, 0.25) is 5.02 Å². The van der Waals surface area contributed by atoms with Crippen LogP contribution in [0.4, 0.5) is 0 Å². The van der Waals surface area contributed by atoms with Gasteiger partial charge in [0.25, 0.3) is 5.91 Å². The number of piperidine rings is 1. The largest absolute Gasteiger partial charge is 0.334 e. The third kappa shape index (κ3) is 2.93. The van der Waals surface area contributed by atoms with Gasteiger partial charge in [-0.1, -0.05) is 24.6 Å². The summed E-state index contributed by atoms with van der Waals surface area (Å²) in [7, 11) is 0. The summed E-state index contributed by atoms with van der Waals surface area (Å²) < 4.78 is 0. The van der Waals surface area contributed by atoms with Crippen LogP contribution in [-0.2, 0) is 0 Å². The third-order valence-corrected chi connectivity index (χ3v) is 4.28. The first-order chi connectivity index (χ1) is 9.04. The van der Waals surface area contributed by atoms with Crippen molar-refractivity contribution in [1.29, 1.82) is 0 Å². The number of nitrogens with zero attached hydrogens (tertiary/aromatic N) is 1. The Balaban J connectivity index is 2.29. The van der Waals surface area contributed by atoms with Gasteiger partial charge in [0.2, 0.25) is 0 Å². The van der Waals surface area contributed by atoms with E-state index in [1.165, 1.54) is 0 Å². The molecule has 2 atom stereocenters. The lowest BCUT2D eigenvalue weighted by Crippen LogP contribution is -2.51. The Labute approximate surface area is 119 Å². The van der Waals surface area contributed by atoms with E-state index in [0.29, 0.717) is 23.0 Å². The van der Waals surface area contributed by atoms with Crippen molar-refractivity contribution in [2.45, 2.75) is 32.7 Å². The lowest BCUT2D eigenvalue weighted by atomic mass is 9.90. The SMILES string of the molecule is Cc1ccc(Cl)cc1C(=O)N1CCCC(C)C1CN. The van der Waals surface area contributed by atoms with E-state index >= 15 is 0 Å². The molecule has 1 aliphatic heterocycles. The van der Waals surface area contributed by atoms with Gasteiger partial charge in [-0.3, -0.25) is 4.79 Å². The second-order valence-electron chi connectivity index (χ2n) is 5.38. The lowest BCUT2D eigenvalue weighted by molar-refractivity contribution is 0.0532. The molecule has 2 N–H and O–H groups in total. The first-order valence-electron chi connectivity index (χ1n) is 6.81. The molecule has 0 bridgehead atoms. The van der Waals surface area contributed by atoms with Crippen molar-refractivity contribution in [3.05, 3.63) is 34.3 Å². The van der Waals surface area contributed by atoms with Crippen molar-refractivity contribution in [2.24, 2.45) is 11.7 Å². The Kier molecular flexibility index (Phi) is 4.48. The van der Waals surface area contributed by atoms with Crippen LogP contribution in [-0.4, -0.2) is 29.9 Å². The number of halogens is 1. The monoisotopic (exact) mass is 280 g/mol. The standard InChI is InChI=1S/C15H21ClN2O/c1-10-5-6-12(16)8-13(10)15(19)18-7-3-4-11(2)14(18)9-17/h5-6,8,11,14H,3-4,7,9,17H2,1-2H3. The topological polar surface area (TPSA) is 46.3 Å². The maximum atomic E-state index is 12.7. The number of hydrogen-bond acceptors (Lipinski definition) is 2. The number of carbonyl (C=O) groups is 1. The van der Waals surface area contributed by atoms with E-state index in [1.807, 2.05) is 24.0 Å². The number of aryl methyl sites for hydroxylation is 1. The molecule has 1 aromatic carbocycles. The minimum Gasteiger partial charge on any atom is -0.334 e. The molecule has 4 heteroatoms. The molecule has 2 rings (SSSR count). The van der Waals surface area contributed by atoms with Crippen LogP contribution in [0, 0.1) is 12.8 Å². The minimum absolute atomic E-state index is 0.0574. The molecule has 3 nitrogen and oxygen atoms in total. The minimum atomic E-state index is 0.0574. The number of carbonyl (C=O) groups excluding carboxylic acids is 1. The summed E-state index contributed by atoms with van der Waals surface area (Å²) in [5.74, 6) is 0.518. The highest BCUT2D eigenvalue weighted by Crippen LogP contribution is 2.26. The maximum Gasteiger partial charge on any atom is 0.254 e. The molecule has 1 aromatic rings. The smallest absolute Gasteiger partial charge is 0.254 e. The van der Waals surface area contributed by atoms with Gasteiger partial charge >= 0.3 is 0 Å². The molecule has 0 saturated carbocycles. The molecule has 104 valence electrons. The quantitative estimate of drug-likeness (QED) is 0.905. The number of amides is 1. The summed E-state index contributed by atoms with van der Waals surface area (Å²) in [5, 5.41) is 0.600. The average Bonchev–Trinajstić information content (AvgIpc) is 2.40. The van der Waals surface area contributed by atoms with E-state index in [-0.39, 0.29) is 11.9 Å². The highest BCUT2D eigenvalue weighted by Gasteiger charge is 2.31. The highest BCUT2D eigenvalue weighted by atomic mass is 35.5. The van der Waals surface area contributed by atoms with E-state index in [1.54, 1.807) is 6.07 Å². The fourth-order valence-electron chi connectivity index (χ4n) is 2.84. The molecule has 1 amide bonds. The summed E-state index contributed by atoms with van der Waals surface area (Å²) >= 11 is 6.00. The Bertz CT molecular complexity index is 475. The van der Waals surface area contributed by atoms with Crippen LogP contribution in [0.25, 0.3) is 0 Å². The molecule has 1 saturated heterocycles. The molecule has 1 heterocycles. The molecule has 1 fully saturated rings. The molecule has 0 spiro atoms. The van der Waals surface area contributed by atoms with Crippen LogP contribution in [0.3, 0.4) is 0 Å². The number of rotatable bonds is 2. The average molecular weight is 281 g/mol. The number of benzene rings is 1. The summed E-state index contributed by atoms with van der Waals surface area (Å²) in [5.41, 5.74) is 7.50. The molecule has 0 aromatic heterocycles. The molecule has 2 unspecified atom stereocenters. The molecule has 0 radical (unpaired) electrons. The lowest BCUT2D eigenvalue weighted by Gasteiger charge is -2.39. The van der Waals surface area contributed by atoms with Gasteiger partial charge in [0.1, 0.15) is 0 Å². The third-order valence-electron chi connectivity index (χ3n) is 4.05. The molecule has 0 aliphatic carbocycles. The van der Waals surface area contributed by atoms with Gasteiger partial charge in [-0.15, -0.1) is 0 Å². The van der Waals surface area contributed by atoms with Crippen molar-refractivity contribution in [3.63, 3.8) is 0 Å². The van der Waals surface area contributed by atoms with Gasteiger partial charge in [0.15, 0.2) is 0 Å². The normalized spacial score (nSPS) is 23.5. The van der Waals surface area contributed by atoms with Crippen LogP contribution in [0.5, 0.6) is 0 Å². The summed E-state index contributed by atoms with van der Waals surface area (Å²) in [6.45, 7) is 5.42. The Morgan fingerprint density at radius 1 is 1.53 bits per heavy atom. The summed E-state index contributed by atoms with van der Waals surface area (Å²) in [6, 6.07) is 5.60. The van der Waals surface area contributed by atoms with E-state index in [4.69, 9.17) is 17.3 Å². The van der Waals surface area contributed by atoms with Gasteiger partial charge in [-0.25, -0.2) is 0 Å². The first kappa shape index (κ1) is 14.4. The number of nitrogens with two attached hydrogens (primary N) is 1.